The highest BCUT2D eigenvalue weighted by Gasteiger charge is 2.30. The SMILES string of the molecule is CCn1ncc2c(NC3CCC(C(=O)OC(C)(C)C)CC3)c(CN=O)cnc21. The van der Waals surface area contributed by atoms with Crippen molar-refractivity contribution >= 4 is 22.7 Å². The predicted octanol–water partition coefficient (Wildman–Crippen LogP) is 4.03. The van der Waals surface area contributed by atoms with Gasteiger partial charge in [0.2, 0.25) is 0 Å². The number of carbonyl (C=O) groups excluding carboxylic acids is 1. The molecule has 2 aromatic heterocycles. The Morgan fingerprint density at radius 2 is 2.00 bits per heavy atom. The molecule has 28 heavy (non-hydrogen) atoms. The average molecular weight is 387 g/mol. The van der Waals surface area contributed by atoms with E-state index in [2.05, 4.69) is 20.6 Å². The standard InChI is InChI=1S/C20H29N5O3/c1-5-25-18-16(12-22-25)17(14(10-21-18)11-23-27)24-15-8-6-13(7-9-15)19(26)28-20(2,3)4/h10,12-13,15H,5-9,11H2,1-4H3,(H,21,24). The van der Waals surface area contributed by atoms with Gasteiger partial charge in [-0.3, -0.25) is 4.79 Å². The molecule has 0 amide bonds. The first-order chi connectivity index (χ1) is 13.3. The van der Waals surface area contributed by atoms with Crippen molar-refractivity contribution in [2.45, 2.75) is 78.1 Å². The number of anilines is 1. The zero-order valence-corrected chi connectivity index (χ0v) is 17.1. The molecule has 2 heterocycles. The van der Waals surface area contributed by atoms with Gasteiger partial charge in [-0.15, -0.1) is 0 Å². The number of hydrogen-bond acceptors (Lipinski definition) is 7. The van der Waals surface area contributed by atoms with Gasteiger partial charge in [0, 0.05) is 24.3 Å². The topological polar surface area (TPSA) is 98.5 Å². The molecule has 2 aromatic rings. The molecule has 0 bridgehead atoms. The fraction of sp³-hybridized carbons (Fsp3) is 0.650. The first kappa shape index (κ1) is 20.2. The van der Waals surface area contributed by atoms with Gasteiger partial charge in [-0.25, -0.2) is 9.67 Å². The molecule has 1 fully saturated rings. The van der Waals surface area contributed by atoms with Gasteiger partial charge in [-0.1, -0.05) is 5.18 Å². The van der Waals surface area contributed by atoms with E-state index in [-0.39, 0.29) is 24.5 Å². The quantitative estimate of drug-likeness (QED) is 0.593. The number of rotatable bonds is 6. The Morgan fingerprint density at radius 3 is 2.61 bits per heavy atom. The van der Waals surface area contributed by atoms with E-state index >= 15 is 0 Å². The molecule has 0 atom stereocenters. The molecule has 0 spiro atoms. The molecule has 8 heteroatoms. The lowest BCUT2D eigenvalue weighted by molar-refractivity contribution is -0.161. The maximum Gasteiger partial charge on any atom is 0.309 e. The van der Waals surface area contributed by atoms with Crippen LogP contribution in [0.15, 0.2) is 17.6 Å². The summed E-state index contributed by atoms with van der Waals surface area (Å²) in [5.41, 5.74) is 1.99. The number of ether oxygens (including phenoxy) is 1. The Labute approximate surface area is 165 Å². The molecule has 8 nitrogen and oxygen atoms in total. The molecule has 0 unspecified atom stereocenters. The number of aryl methyl sites for hydroxylation is 1. The lowest BCUT2D eigenvalue weighted by atomic mass is 9.85. The Kier molecular flexibility index (Phi) is 5.96. The van der Waals surface area contributed by atoms with Crippen molar-refractivity contribution in [2.24, 2.45) is 11.1 Å². The van der Waals surface area contributed by atoms with Gasteiger partial charge < -0.3 is 10.1 Å². The van der Waals surface area contributed by atoms with E-state index in [1.54, 1.807) is 12.4 Å². The van der Waals surface area contributed by atoms with Crippen LogP contribution < -0.4 is 5.32 Å². The van der Waals surface area contributed by atoms with Crippen molar-refractivity contribution in [3.8, 4) is 0 Å². The van der Waals surface area contributed by atoms with E-state index in [0.717, 1.165) is 54.5 Å². The monoisotopic (exact) mass is 387 g/mol. The number of nitrogens with one attached hydrogen (secondary N) is 1. The molecular weight excluding hydrogens is 358 g/mol. The highest BCUT2D eigenvalue weighted by molar-refractivity contribution is 5.90. The third-order valence-corrected chi connectivity index (χ3v) is 5.09. The molecule has 1 saturated carbocycles. The zero-order chi connectivity index (χ0) is 20.3. The molecule has 152 valence electrons. The van der Waals surface area contributed by atoms with E-state index in [0.29, 0.717) is 0 Å². The number of carbonyl (C=O) groups is 1. The second kappa shape index (κ2) is 8.24. The number of hydrogen-bond donors (Lipinski definition) is 1. The van der Waals surface area contributed by atoms with E-state index in [1.165, 1.54) is 0 Å². The Balaban J connectivity index is 1.73. The molecule has 0 radical (unpaired) electrons. The minimum Gasteiger partial charge on any atom is -0.460 e. The summed E-state index contributed by atoms with van der Waals surface area (Å²) in [7, 11) is 0. The van der Waals surface area contributed by atoms with Crippen LogP contribution in [0.3, 0.4) is 0 Å². The van der Waals surface area contributed by atoms with Gasteiger partial charge in [0.05, 0.1) is 23.2 Å². The van der Waals surface area contributed by atoms with Gasteiger partial charge in [0.25, 0.3) is 0 Å². The summed E-state index contributed by atoms with van der Waals surface area (Å²) in [4.78, 5) is 27.6. The molecule has 1 N–H and O–H groups in total. The van der Waals surface area contributed by atoms with Gasteiger partial charge in [-0.2, -0.15) is 10.0 Å². The summed E-state index contributed by atoms with van der Waals surface area (Å²) in [5, 5.41) is 11.9. The van der Waals surface area contributed by atoms with Crippen LogP contribution in [-0.2, 0) is 22.6 Å². The number of pyridine rings is 1. The lowest BCUT2D eigenvalue weighted by Crippen LogP contribution is -2.34. The summed E-state index contributed by atoms with van der Waals surface area (Å²) in [6, 6.07) is 0.222. The van der Waals surface area contributed by atoms with Crippen molar-refractivity contribution in [3.05, 3.63) is 22.9 Å². The molecule has 0 saturated heterocycles. The highest BCUT2D eigenvalue weighted by Crippen LogP contribution is 2.32. The zero-order valence-electron chi connectivity index (χ0n) is 17.1. The smallest absolute Gasteiger partial charge is 0.309 e. The summed E-state index contributed by atoms with van der Waals surface area (Å²) in [5.74, 6) is -0.152. The molecule has 3 rings (SSSR count). The summed E-state index contributed by atoms with van der Waals surface area (Å²) in [6.07, 6.45) is 6.79. The Morgan fingerprint density at radius 1 is 1.29 bits per heavy atom. The van der Waals surface area contributed by atoms with Crippen molar-refractivity contribution in [1.82, 2.24) is 14.8 Å². The van der Waals surface area contributed by atoms with Gasteiger partial charge >= 0.3 is 5.97 Å². The fourth-order valence-electron chi connectivity index (χ4n) is 3.72. The maximum atomic E-state index is 12.3. The van der Waals surface area contributed by atoms with Crippen molar-refractivity contribution in [2.75, 3.05) is 5.32 Å². The van der Waals surface area contributed by atoms with E-state index in [4.69, 9.17) is 4.74 Å². The van der Waals surface area contributed by atoms with Crippen LogP contribution in [0.5, 0.6) is 0 Å². The second-order valence-corrected chi connectivity index (χ2v) is 8.37. The van der Waals surface area contributed by atoms with E-state index < -0.39 is 5.60 Å². The van der Waals surface area contributed by atoms with Crippen LogP contribution in [0.2, 0.25) is 0 Å². The number of nitroso groups, excluding NO2 is 1. The van der Waals surface area contributed by atoms with Gasteiger partial charge in [0.15, 0.2) is 5.65 Å². The third kappa shape index (κ3) is 4.48. The first-order valence-electron chi connectivity index (χ1n) is 9.94. The summed E-state index contributed by atoms with van der Waals surface area (Å²) in [6.45, 7) is 8.49. The molecular formula is C20H29N5O3. The predicted molar refractivity (Wildman–Crippen MR) is 108 cm³/mol. The number of aromatic nitrogens is 3. The Bertz CT molecular complexity index is 847. The minimum atomic E-state index is -0.453. The van der Waals surface area contributed by atoms with Gasteiger partial charge in [0.1, 0.15) is 12.1 Å². The lowest BCUT2D eigenvalue weighted by Gasteiger charge is -2.31. The number of nitrogens with zero attached hydrogens (tertiary/aromatic N) is 4. The third-order valence-electron chi connectivity index (χ3n) is 5.09. The van der Waals surface area contributed by atoms with Crippen LogP contribution in [0, 0.1) is 10.8 Å². The minimum absolute atomic E-state index is 0.0475. The van der Waals surface area contributed by atoms with E-state index in [1.807, 2.05) is 32.4 Å². The first-order valence-corrected chi connectivity index (χ1v) is 9.94. The van der Waals surface area contributed by atoms with Crippen molar-refractivity contribution in [3.63, 3.8) is 0 Å². The van der Waals surface area contributed by atoms with Crippen LogP contribution in [-0.4, -0.2) is 32.4 Å². The number of esters is 1. The average Bonchev–Trinajstić information content (AvgIpc) is 3.06. The molecule has 1 aliphatic rings. The second-order valence-electron chi connectivity index (χ2n) is 8.37. The molecule has 1 aliphatic carbocycles. The normalized spacial score (nSPS) is 20.1. The van der Waals surface area contributed by atoms with Crippen LogP contribution in [0.4, 0.5) is 5.69 Å². The highest BCUT2D eigenvalue weighted by atomic mass is 16.6. The van der Waals surface area contributed by atoms with Gasteiger partial charge in [-0.05, 0) is 53.4 Å². The molecule has 0 aliphatic heterocycles. The largest absolute Gasteiger partial charge is 0.460 e. The van der Waals surface area contributed by atoms with Crippen LogP contribution in [0.25, 0.3) is 11.0 Å². The number of fused-ring (bicyclic) bond motifs is 1. The maximum absolute atomic E-state index is 12.3. The fourth-order valence-corrected chi connectivity index (χ4v) is 3.72. The van der Waals surface area contributed by atoms with Crippen molar-refractivity contribution in [1.29, 1.82) is 0 Å². The summed E-state index contributed by atoms with van der Waals surface area (Å²) >= 11 is 0. The van der Waals surface area contributed by atoms with Crippen LogP contribution >= 0.6 is 0 Å². The summed E-state index contributed by atoms with van der Waals surface area (Å²) < 4.78 is 7.36. The van der Waals surface area contributed by atoms with Crippen LogP contribution in [0.1, 0.15) is 58.9 Å². The van der Waals surface area contributed by atoms with E-state index in [9.17, 15) is 9.70 Å². The van der Waals surface area contributed by atoms with Crippen molar-refractivity contribution < 1.29 is 9.53 Å². The Hall–Kier alpha value is -2.51. The molecule has 0 aromatic carbocycles.